The number of ether oxygens (including phenoxy) is 1. The monoisotopic (exact) mass is 317 g/mol. The molecule has 1 amide bonds. The van der Waals surface area contributed by atoms with Gasteiger partial charge in [0.15, 0.2) is 0 Å². The summed E-state index contributed by atoms with van der Waals surface area (Å²) in [5.41, 5.74) is 2.05. The third kappa shape index (κ3) is 3.46. The first kappa shape index (κ1) is 15.8. The molecule has 3 heterocycles. The Morgan fingerprint density at radius 1 is 1.48 bits per heavy atom. The van der Waals surface area contributed by atoms with Gasteiger partial charge in [0.1, 0.15) is 5.82 Å². The van der Waals surface area contributed by atoms with Crippen LogP contribution in [0.1, 0.15) is 17.4 Å². The summed E-state index contributed by atoms with van der Waals surface area (Å²) < 4.78 is 9.37. The van der Waals surface area contributed by atoms with Crippen molar-refractivity contribution >= 4 is 11.7 Å². The van der Waals surface area contributed by atoms with Gasteiger partial charge in [-0.2, -0.15) is 5.10 Å². The van der Waals surface area contributed by atoms with Crippen LogP contribution in [0.5, 0.6) is 0 Å². The van der Waals surface area contributed by atoms with Crippen LogP contribution in [-0.2, 0) is 23.6 Å². The van der Waals surface area contributed by atoms with E-state index in [1.165, 1.54) is 0 Å². The molecule has 23 heavy (non-hydrogen) atoms. The second-order valence-electron chi connectivity index (χ2n) is 5.95. The highest BCUT2D eigenvalue weighted by atomic mass is 16.5. The van der Waals surface area contributed by atoms with E-state index in [2.05, 4.69) is 25.9 Å². The Kier molecular flexibility index (Phi) is 4.49. The van der Waals surface area contributed by atoms with Crippen molar-refractivity contribution in [2.45, 2.75) is 13.0 Å². The minimum Gasteiger partial charge on any atom is -0.378 e. The number of nitrogens with zero attached hydrogens (tertiary/aromatic N) is 4. The molecule has 0 saturated carbocycles. The number of amides is 1. The van der Waals surface area contributed by atoms with Gasteiger partial charge in [-0.3, -0.25) is 14.4 Å². The zero-order valence-corrected chi connectivity index (χ0v) is 13.8. The molecule has 0 radical (unpaired) electrons. The minimum atomic E-state index is -0.0332. The standard InChI is InChI=1S/C16H23N5O2/c1-12-9-15(20(3)18-12)17-16(22)10-21-7-8-23-11-14(21)13-5-4-6-19(13)2/h4-6,9,14H,7-8,10-11H2,1-3H3,(H,17,22). The molecule has 1 aliphatic heterocycles. The summed E-state index contributed by atoms with van der Waals surface area (Å²) in [7, 11) is 3.84. The van der Waals surface area contributed by atoms with Crippen LogP contribution in [0.4, 0.5) is 5.82 Å². The van der Waals surface area contributed by atoms with Crippen molar-refractivity contribution in [3.8, 4) is 0 Å². The number of morpholine rings is 1. The summed E-state index contributed by atoms with van der Waals surface area (Å²) >= 11 is 0. The largest absolute Gasteiger partial charge is 0.378 e. The highest BCUT2D eigenvalue weighted by Crippen LogP contribution is 2.24. The van der Waals surface area contributed by atoms with Crippen LogP contribution < -0.4 is 5.32 Å². The predicted molar refractivity (Wildman–Crippen MR) is 87.1 cm³/mol. The fourth-order valence-corrected chi connectivity index (χ4v) is 3.01. The van der Waals surface area contributed by atoms with E-state index in [0.29, 0.717) is 19.8 Å². The van der Waals surface area contributed by atoms with Crippen molar-refractivity contribution < 1.29 is 9.53 Å². The van der Waals surface area contributed by atoms with E-state index in [9.17, 15) is 4.79 Å². The Morgan fingerprint density at radius 3 is 2.96 bits per heavy atom. The molecule has 0 spiro atoms. The molecule has 7 nitrogen and oxygen atoms in total. The van der Waals surface area contributed by atoms with E-state index in [-0.39, 0.29) is 11.9 Å². The summed E-state index contributed by atoms with van der Waals surface area (Å²) in [6.07, 6.45) is 2.01. The zero-order chi connectivity index (χ0) is 16.4. The molecule has 0 aliphatic carbocycles. The van der Waals surface area contributed by atoms with Gasteiger partial charge >= 0.3 is 0 Å². The summed E-state index contributed by atoms with van der Waals surface area (Å²) in [5, 5.41) is 7.17. The molecule has 1 unspecified atom stereocenters. The first-order valence-electron chi connectivity index (χ1n) is 7.78. The van der Waals surface area contributed by atoms with Crippen LogP contribution in [0.2, 0.25) is 0 Å². The lowest BCUT2D eigenvalue weighted by atomic mass is 10.1. The van der Waals surface area contributed by atoms with Crippen LogP contribution in [0.25, 0.3) is 0 Å². The fourth-order valence-electron chi connectivity index (χ4n) is 3.01. The van der Waals surface area contributed by atoms with Gasteiger partial charge in [-0.25, -0.2) is 0 Å². The maximum Gasteiger partial charge on any atom is 0.239 e. The van der Waals surface area contributed by atoms with Gasteiger partial charge in [0.2, 0.25) is 5.91 Å². The number of hydrogen-bond donors (Lipinski definition) is 1. The number of nitrogens with one attached hydrogen (secondary N) is 1. The molecule has 1 fully saturated rings. The van der Waals surface area contributed by atoms with Gasteiger partial charge in [0, 0.05) is 38.6 Å². The summed E-state index contributed by atoms with van der Waals surface area (Å²) in [5.74, 6) is 0.685. The maximum atomic E-state index is 12.4. The van der Waals surface area contributed by atoms with Gasteiger partial charge in [0.05, 0.1) is 31.5 Å². The van der Waals surface area contributed by atoms with E-state index >= 15 is 0 Å². The fraction of sp³-hybridized carbons (Fsp3) is 0.500. The number of carbonyl (C=O) groups excluding carboxylic acids is 1. The van der Waals surface area contributed by atoms with Gasteiger partial charge in [-0.1, -0.05) is 0 Å². The normalized spacial score (nSPS) is 19.0. The molecule has 1 saturated heterocycles. The summed E-state index contributed by atoms with van der Waals surface area (Å²) in [6.45, 7) is 4.25. The SMILES string of the molecule is Cc1cc(NC(=O)CN2CCOCC2c2cccn2C)n(C)n1. The third-order valence-electron chi connectivity index (χ3n) is 4.18. The van der Waals surface area contributed by atoms with Crippen molar-refractivity contribution in [3.05, 3.63) is 35.8 Å². The van der Waals surface area contributed by atoms with Crippen LogP contribution >= 0.6 is 0 Å². The summed E-state index contributed by atoms with van der Waals surface area (Å²) in [6, 6.07) is 6.06. The topological polar surface area (TPSA) is 64.3 Å². The molecule has 0 aromatic carbocycles. The number of hydrogen-bond acceptors (Lipinski definition) is 4. The predicted octanol–water partition coefficient (Wildman–Crippen LogP) is 1.08. The molecule has 7 heteroatoms. The van der Waals surface area contributed by atoms with Gasteiger partial charge < -0.3 is 14.6 Å². The lowest BCUT2D eigenvalue weighted by Crippen LogP contribution is -2.44. The molecule has 124 valence electrons. The van der Waals surface area contributed by atoms with Crippen molar-refractivity contribution in [1.82, 2.24) is 19.2 Å². The Balaban J connectivity index is 1.68. The second-order valence-corrected chi connectivity index (χ2v) is 5.95. The van der Waals surface area contributed by atoms with Crippen molar-refractivity contribution in [2.24, 2.45) is 14.1 Å². The molecular formula is C16H23N5O2. The van der Waals surface area contributed by atoms with Crippen molar-refractivity contribution in [3.63, 3.8) is 0 Å². The Hall–Kier alpha value is -2.12. The van der Waals surface area contributed by atoms with E-state index in [4.69, 9.17) is 4.74 Å². The Morgan fingerprint density at radius 2 is 2.30 bits per heavy atom. The Labute approximate surface area is 135 Å². The lowest BCUT2D eigenvalue weighted by molar-refractivity contribution is -0.119. The number of aryl methyl sites for hydroxylation is 3. The molecule has 0 bridgehead atoms. The second kappa shape index (κ2) is 6.55. The molecule has 3 rings (SSSR count). The highest BCUT2D eigenvalue weighted by molar-refractivity contribution is 5.91. The van der Waals surface area contributed by atoms with E-state index in [0.717, 1.165) is 23.8 Å². The first-order chi connectivity index (χ1) is 11.0. The molecule has 1 N–H and O–H groups in total. The smallest absolute Gasteiger partial charge is 0.239 e. The lowest BCUT2D eigenvalue weighted by Gasteiger charge is -2.35. The van der Waals surface area contributed by atoms with E-state index < -0.39 is 0 Å². The Bertz CT molecular complexity index is 690. The molecule has 1 aliphatic rings. The van der Waals surface area contributed by atoms with Crippen LogP contribution in [0, 0.1) is 6.92 Å². The van der Waals surface area contributed by atoms with E-state index in [1.54, 1.807) is 4.68 Å². The maximum absolute atomic E-state index is 12.4. The van der Waals surface area contributed by atoms with Crippen LogP contribution in [-0.4, -0.2) is 51.5 Å². The molecular weight excluding hydrogens is 294 g/mol. The van der Waals surface area contributed by atoms with Crippen LogP contribution in [0.3, 0.4) is 0 Å². The highest BCUT2D eigenvalue weighted by Gasteiger charge is 2.28. The molecule has 2 aromatic heterocycles. The number of anilines is 1. The van der Waals surface area contributed by atoms with Gasteiger partial charge in [-0.05, 0) is 19.1 Å². The van der Waals surface area contributed by atoms with Crippen molar-refractivity contribution in [1.29, 1.82) is 0 Å². The number of rotatable bonds is 4. The number of carbonyl (C=O) groups is 1. The minimum absolute atomic E-state index is 0.0332. The molecule has 2 aromatic rings. The van der Waals surface area contributed by atoms with Crippen LogP contribution in [0.15, 0.2) is 24.4 Å². The average molecular weight is 317 g/mol. The van der Waals surface area contributed by atoms with Gasteiger partial charge in [0.25, 0.3) is 0 Å². The summed E-state index contributed by atoms with van der Waals surface area (Å²) in [4.78, 5) is 14.6. The number of aromatic nitrogens is 3. The third-order valence-corrected chi connectivity index (χ3v) is 4.18. The first-order valence-corrected chi connectivity index (χ1v) is 7.78. The van der Waals surface area contributed by atoms with Gasteiger partial charge in [-0.15, -0.1) is 0 Å². The van der Waals surface area contributed by atoms with E-state index in [1.807, 2.05) is 39.3 Å². The quantitative estimate of drug-likeness (QED) is 0.916. The van der Waals surface area contributed by atoms with Crippen molar-refractivity contribution in [2.75, 3.05) is 31.6 Å². The zero-order valence-electron chi connectivity index (χ0n) is 13.8. The molecule has 1 atom stereocenters. The average Bonchev–Trinajstić information content (AvgIpc) is 3.05.